The first-order valence-electron chi connectivity index (χ1n) is 11.4. The zero-order valence-electron chi connectivity index (χ0n) is 18.7. The van der Waals surface area contributed by atoms with Crippen LogP contribution in [0.5, 0.6) is 0 Å². The molecule has 7 heteroatoms. The molecule has 1 heterocycles. The van der Waals surface area contributed by atoms with E-state index in [0.717, 1.165) is 18.5 Å². The third-order valence-electron chi connectivity index (χ3n) is 6.35. The topological polar surface area (TPSA) is 85.2 Å². The van der Waals surface area contributed by atoms with Crippen molar-refractivity contribution in [2.45, 2.75) is 96.8 Å². The second kappa shape index (κ2) is 11.3. The molecule has 0 saturated carbocycles. The minimum atomic E-state index is -1.12. The first-order valence-corrected chi connectivity index (χ1v) is 11.4. The van der Waals surface area contributed by atoms with Crippen molar-refractivity contribution in [3.8, 4) is 6.07 Å². The molecule has 2 aliphatic rings. The Kier molecular flexibility index (Phi) is 9.13. The van der Waals surface area contributed by atoms with E-state index in [-0.39, 0.29) is 37.4 Å². The predicted octanol–water partition coefficient (Wildman–Crippen LogP) is 3.59. The highest BCUT2D eigenvalue weighted by molar-refractivity contribution is 5.83. The van der Waals surface area contributed by atoms with Gasteiger partial charge in [-0.05, 0) is 32.6 Å². The SMILES string of the molecule is CCCCCC[C@@H](C)NC(=O)C1(C)CC=C(NCC(=O)N2C[C@@H](F)C[C@H]2C#N)CC1. The molecule has 30 heavy (non-hydrogen) atoms. The van der Waals surface area contributed by atoms with Gasteiger partial charge in [0.25, 0.3) is 0 Å². The van der Waals surface area contributed by atoms with Gasteiger partial charge in [0.2, 0.25) is 11.8 Å². The first kappa shape index (κ1) is 24.2. The lowest BCUT2D eigenvalue weighted by Gasteiger charge is -2.33. The molecular formula is C23H37FN4O2. The lowest BCUT2D eigenvalue weighted by molar-refractivity contribution is -0.132. The number of nitrogens with one attached hydrogen (secondary N) is 2. The number of unbranched alkanes of at least 4 members (excludes halogenated alkanes) is 3. The Labute approximate surface area is 180 Å². The van der Waals surface area contributed by atoms with Crippen molar-refractivity contribution < 1.29 is 14.0 Å². The number of alkyl halides is 1. The minimum Gasteiger partial charge on any atom is -0.380 e. The first-order chi connectivity index (χ1) is 14.3. The largest absolute Gasteiger partial charge is 0.380 e. The van der Waals surface area contributed by atoms with Crippen molar-refractivity contribution in [2.75, 3.05) is 13.1 Å². The van der Waals surface area contributed by atoms with Crippen LogP contribution >= 0.6 is 0 Å². The van der Waals surface area contributed by atoms with Gasteiger partial charge in [-0.15, -0.1) is 0 Å². The van der Waals surface area contributed by atoms with Gasteiger partial charge in [0.1, 0.15) is 12.2 Å². The van der Waals surface area contributed by atoms with Crippen molar-refractivity contribution in [2.24, 2.45) is 5.41 Å². The van der Waals surface area contributed by atoms with Crippen LogP contribution in [0.4, 0.5) is 4.39 Å². The Morgan fingerprint density at radius 2 is 2.17 bits per heavy atom. The van der Waals surface area contributed by atoms with Crippen molar-refractivity contribution >= 4 is 11.8 Å². The molecule has 1 fully saturated rings. The van der Waals surface area contributed by atoms with Crippen molar-refractivity contribution in [3.05, 3.63) is 11.8 Å². The van der Waals surface area contributed by atoms with E-state index in [4.69, 9.17) is 5.26 Å². The number of hydrogen-bond acceptors (Lipinski definition) is 4. The molecule has 4 atom stereocenters. The Bertz CT molecular complexity index is 675. The van der Waals surface area contributed by atoms with Gasteiger partial charge in [0.05, 0.1) is 24.6 Å². The van der Waals surface area contributed by atoms with Gasteiger partial charge in [-0.3, -0.25) is 9.59 Å². The van der Waals surface area contributed by atoms with E-state index in [2.05, 4.69) is 24.5 Å². The Morgan fingerprint density at radius 3 is 2.80 bits per heavy atom. The van der Waals surface area contributed by atoms with Crippen molar-refractivity contribution in [3.63, 3.8) is 0 Å². The number of carbonyl (C=O) groups is 2. The second-order valence-corrected chi connectivity index (χ2v) is 9.10. The molecule has 0 radical (unpaired) electrons. The number of rotatable bonds is 10. The van der Waals surface area contributed by atoms with Crippen molar-refractivity contribution in [1.29, 1.82) is 5.26 Å². The maximum Gasteiger partial charge on any atom is 0.243 e. The highest BCUT2D eigenvalue weighted by Gasteiger charge is 2.37. The number of amides is 2. The number of nitrogens with zero attached hydrogens (tertiary/aromatic N) is 2. The number of hydrogen-bond donors (Lipinski definition) is 2. The molecule has 1 saturated heterocycles. The smallest absolute Gasteiger partial charge is 0.243 e. The summed E-state index contributed by atoms with van der Waals surface area (Å²) in [5, 5.41) is 15.4. The number of halogens is 1. The van der Waals surface area contributed by atoms with Crippen LogP contribution < -0.4 is 10.6 Å². The van der Waals surface area contributed by atoms with Crippen LogP contribution in [-0.2, 0) is 9.59 Å². The lowest BCUT2D eigenvalue weighted by Crippen LogP contribution is -2.45. The summed E-state index contributed by atoms with van der Waals surface area (Å²) in [4.78, 5) is 26.4. The fourth-order valence-electron chi connectivity index (χ4n) is 4.15. The molecular weight excluding hydrogens is 383 g/mol. The molecule has 6 nitrogen and oxygen atoms in total. The lowest BCUT2D eigenvalue weighted by atomic mass is 9.77. The van der Waals surface area contributed by atoms with Crippen molar-refractivity contribution in [1.82, 2.24) is 15.5 Å². The van der Waals surface area contributed by atoms with E-state index in [9.17, 15) is 14.0 Å². The molecule has 0 bridgehead atoms. The Morgan fingerprint density at radius 1 is 1.40 bits per heavy atom. The number of allylic oxidation sites excluding steroid dienone is 2. The second-order valence-electron chi connectivity index (χ2n) is 9.10. The van der Waals surface area contributed by atoms with Gasteiger partial charge in [-0.2, -0.15) is 5.26 Å². The van der Waals surface area contributed by atoms with E-state index < -0.39 is 17.6 Å². The molecule has 2 rings (SSSR count). The zero-order chi connectivity index (χ0) is 22.1. The quantitative estimate of drug-likeness (QED) is 0.529. The summed E-state index contributed by atoms with van der Waals surface area (Å²) in [7, 11) is 0. The molecule has 0 aromatic carbocycles. The normalized spacial score (nSPS) is 27.2. The molecule has 1 unspecified atom stereocenters. The van der Waals surface area contributed by atoms with E-state index >= 15 is 0 Å². The van der Waals surface area contributed by atoms with Crippen LogP contribution in [0.1, 0.15) is 78.6 Å². The van der Waals surface area contributed by atoms with E-state index in [1.165, 1.54) is 24.2 Å². The highest BCUT2D eigenvalue weighted by Crippen LogP contribution is 2.34. The summed E-state index contributed by atoms with van der Waals surface area (Å²) >= 11 is 0. The molecule has 0 spiro atoms. The summed E-state index contributed by atoms with van der Waals surface area (Å²) in [5.74, 6) is -0.162. The van der Waals surface area contributed by atoms with E-state index in [1.807, 2.05) is 19.1 Å². The predicted molar refractivity (Wildman–Crippen MR) is 115 cm³/mol. The maximum atomic E-state index is 13.5. The van der Waals surface area contributed by atoms with Gasteiger partial charge in [-0.25, -0.2) is 4.39 Å². The zero-order valence-corrected chi connectivity index (χ0v) is 18.7. The minimum absolute atomic E-state index is 0.00728. The average Bonchev–Trinajstić information content (AvgIpc) is 3.11. The maximum absolute atomic E-state index is 13.5. The van der Waals surface area contributed by atoms with Gasteiger partial charge in [0, 0.05) is 18.2 Å². The fourth-order valence-corrected chi connectivity index (χ4v) is 4.15. The van der Waals surface area contributed by atoms with Gasteiger partial charge in [0.15, 0.2) is 0 Å². The van der Waals surface area contributed by atoms with Crippen LogP contribution in [0.15, 0.2) is 11.8 Å². The molecule has 0 aromatic heterocycles. The van der Waals surface area contributed by atoms with Crippen LogP contribution in [0, 0.1) is 16.7 Å². The Balaban J connectivity index is 1.77. The number of carbonyl (C=O) groups excluding carboxylic acids is 2. The van der Waals surface area contributed by atoms with Crippen LogP contribution in [-0.4, -0.2) is 48.1 Å². The third-order valence-corrected chi connectivity index (χ3v) is 6.35. The third kappa shape index (κ3) is 6.72. The summed E-state index contributed by atoms with van der Waals surface area (Å²) < 4.78 is 13.5. The Hall–Kier alpha value is -2.10. The molecule has 1 aliphatic carbocycles. The summed E-state index contributed by atoms with van der Waals surface area (Å²) in [6, 6.07) is 1.50. The monoisotopic (exact) mass is 420 g/mol. The van der Waals surface area contributed by atoms with Gasteiger partial charge >= 0.3 is 0 Å². The van der Waals surface area contributed by atoms with Gasteiger partial charge in [-0.1, -0.05) is 45.6 Å². The van der Waals surface area contributed by atoms with Crippen LogP contribution in [0.2, 0.25) is 0 Å². The molecule has 2 amide bonds. The van der Waals surface area contributed by atoms with Crippen LogP contribution in [0.3, 0.4) is 0 Å². The average molecular weight is 421 g/mol. The van der Waals surface area contributed by atoms with E-state index in [1.54, 1.807) is 0 Å². The summed E-state index contributed by atoms with van der Waals surface area (Å²) in [6.45, 7) is 6.30. The van der Waals surface area contributed by atoms with Gasteiger partial charge < -0.3 is 15.5 Å². The number of likely N-dealkylation sites (tertiary alicyclic amines) is 1. The summed E-state index contributed by atoms with van der Waals surface area (Å²) in [5.41, 5.74) is 0.501. The standard InChI is InChI=1S/C23H37FN4O2/c1-4-5-6-7-8-17(2)27-22(30)23(3)11-9-19(10-12-23)26-15-21(29)28-16-18(24)13-20(28)14-25/h9,17-18,20,26H,4-8,10-13,15-16H2,1-3H3,(H,27,30)/t17-,18+,20+,23?/m1/s1. The molecule has 0 aromatic rings. The molecule has 168 valence electrons. The molecule has 2 N–H and O–H groups in total. The number of nitriles is 1. The molecule has 1 aliphatic heterocycles. The fraction of sp³-hybridized carbons (Fsp3) is 0.783. The van der Waals surface area contributed by atoms with E-state index in [0.29, 0.717) is 19.3 Å². The summed E-state index contributed by atoms with van der Waals surface area (Å²) in [6.07, 6.45) is 8.79. The van der Waals surface area contributed by atoms with Crippen LogP contribution in [0.25, 0.3) is 0 Å². The highest BCUT2D eigenvalue weighted by atomic mass is 19.1.